The zero-order chi connectivity index (χ0) is 14.8. The van der Waals surface area contributed by atoms with Crippen molar-refractivity contribution in [1.29, 1.82) is 5.26 Å². The molecule has 1 aromatic carbocycles. The van der Waals surface area contributed by atoms with E-state index in [4.69, 9.17) is 10.00 Å². The fourth-order valence-corrected chi connectivity index (χ4v) is 2.22. The van der Waals surface area contributed by atoms with E-state index >= 15 is 0 Å². The molecule has 0 fully saturated rings. The van der Waals surface area contributed by atoms with Crippen molar-refractivity contribution in [2.45, 2.75) is 0 Å². The number of hydrogen-bond acceptors (Lipinski definition) is 4. The van der Waals surface area contributed by atoms with Crippen LogP contribution < -0.4 is 4.74 Å². The lowest BCUT2D eigenvalue weighted by atomic mass is 10.1. The number of ketones is 1. The van der Waals surface area contributed by atoms with Gasteiger partial charge in [0.2, 0.25) is 5.78 Å². The van der Waals surface area contributed by atoms with E-state index in [0.717, 1.165) is 10.9 Å². The minimum atomic E-state index is -0.276. The summed E-state index contributed by atoms with van der Waals surface area (Å²) < 4.78 is 5.17. The van der Waals surface area contributed by atoms with Crippen LogP contribution in [-0.4, -0.2) is 22.9 Å². The fraction of sp³-hybridized carbons (Fsp3) is 0.0625. The summed E-state index contributed by atoms with van der Waals surface area (Å²) in [5, 5.41) is 9.75. The van der Waals surface area contributed by atoms with Gasteiger partial charge in [-0.2, -0.15) is 5.26 Å². The van der Waals surface area contributed by atoms with Gasteiger partial charge in [-0.05, 0) is 18.2 Å². The number of carbonyl (C=O) groups is 1. The van der Waals surface area contributed by atoms with Gasteiger partial charge in [0, 0.05) is 22.7 Å². The first-order chi connectivity index (χ1) is 10.2. The molecule has 21 heavy (non-hydrogen) atoms. The maximum absolute atomic E-state index is 12.7. The van der Waals surface area contributed by atoms with E-state index in [9.17, 15) is 4.79 Å². The fourth-order valence-electron chi connectivity index (χ4n) is 2.22. The first kappa shape index (κ1) is 12.9. The van der Waals surface area contributed by atoms with Crippen molar-refractivity contribution < 1.29 is 9.53 Å². The standard InChI is InChI=1S/C16H11N3O2/c1-21-14-7-6-10(8-17)19-15(14)16(20)12-9-18-13-5-3-2-4-11(12)13/h2-7,9,18H,1H3. The largest absolute Gasteiger partial charge is 0.494 e. The number of rotatable bonds is 3. The van der Waals surface area contributed by atoms with Crippen LogP contribution in [0.3, 0.4) is 0 Å². The van der Waals surface area contributed by atoms with E-state index in [1.54, 1.807) is 12.3 Å². The Morgan fingerprint density at radius 1 is 1.29 bits per heavy atom. The maximum Gasteiger partial charge on any atom is 0.217 e. The van der Waals surface area contributed by atoms with Crippen LogP contribution in [0.2, 0.25) is 0 Å². The highest BCUT2D eigenvalue weighted by Gasteiger charge is 2.20. The van der Waals surface area contributed by atoms with Crippen LogP contribution in [0, 0.1) is 11.3 Å². The van der Waals surface area contributed by atoms with Crippen LogP contribution in [0.25, 0.3) is 10.9 Å². The average molecular weight is 277 g/mol. The molecule has 0 aliphatic rings. The molecule has 2 aromatic heterocycles. The van der Waals surface area contributed by atoms with Gasteiger partial charge in [-0.15, -0.1) is 0 Å². The topological polar surface area (TPSA) is 78.8 Å². The van der Waals surface area contributed by atoms with Crippen molar-refractivity contribution in [3.63, 3.8) is 0 Å². The smallest absolute Gasteiger partial charge is 0.217 e. The molecule has 0 unspecified atom stereocenters. The van der Waals surface area contributed by atoms with Crippen LogP contribution in [0.15, 0.2) is 42.6 Å². The Bertz CT molecular complexity index is 875. The first-order valence-electron chi connectivity index (χ1n) is 6.30. The monoisotopic (exact) mass is 277 g/mol. The third-order valence-electron chi connectivity index (χ3n) is 3.24. The van der Waals surface area contributed by atoms with Gasteiger partial charge >= 0.3 is 0 Å². The van der Waals surface area contributed by atoms with Gasteiger partial charge in [-0.1, -0.05) is 18.2 Å². The highest BCUT2D eigenvalue weighted by atomic mass is 16.5. The lowest BCUT2D eigenvalue weighted by molar-refractivity contribution is 0.103. The third-order valence-corrected chi connectivity index (χ3v) is 3.24. The number of pyridine rings is 1. The highest BCUT2D eigenvalue weighted by Crippen LogP contribution is 2.24. The summed E-state index contributed by atoms with van der Waals surface area (Å²) in [6, 6.07) is 12.5. The van der Waals surface area contributed by atoms with Gasteiger partial charge in [0.1, 0.15) is 17.5 Å². The summed E-state index contributed by atoms with van der Waals surface area (Å²) >= 11 is 0. The van der Waals surface area contributed by atoms with Gasteiger partial charge in [-0.3, -0.25) is 4.79 Å². The first-order valence-corrected chi connectivity index (χ1v) is 6.30. The van der Waals surface area contributed by atoms with Crippen molar-refractivity contribution in [3.05, 3.63) is 59.5 Å². The molecule has 0 spiro atoms. The Balaban J connectivity index is 2.16. The summed E-state index contributed by atoms with van der Waals surface area (Å²) in [5.74, 6) is 0.0747. The average Bonchev–Trinajstić information content (AvgIpc) is 2.97. The molecule has 3 aromatic rings. The van der Waals surface area contributed by atoms with E-state index in [-0.39, 0.29) is 17.2 Å². The van der Waals surface area contributed by atoms with E-state index in [0.29, 0.717) is 11.3 Å². The molecule has 0 aliphatic carbocycles. The molecule has 0 atom stereocenters. The number of aromatic amines is 1. The summed E-state index contributed by atoms with van der Waals surface area (Å²) in [5.41, 5.74) is 1.70. The third kappa shape index (κ3) is 2.13. The number of nitrogens with one attached hydrogen (secondary N) is 1. The summed E-state index contributed by atoms with van der Waals surface area (Å²) in [6.45, 7) is 0. The molecule has 0 saturated carbocycles. The molecular weight excluding hydrogens is 266 g/mol. The van der Waals surface area contributed by atoms with Crippen LogP contribution in [0.4, 0.5) is 0 Å². The van der Waals surface area contributed by atoms with Crippen molar-refractivity contribution in [1.82, 2.24) is 9.97 Å². The summed E-state index contributed by atoms with van der Waals surface area (Å²) in [7, 11) is 1.47. The van der Waals surface area contributed by atoms with Crippen LogP contribution in [0.1, 0.15) is 21.7 Å². The number of fused-ring (bicyclic) bond motifs is 1. The minimum Gasteiger partial charge on any atom is -0.494 e. The number of nitriles is 1. The number of hydrogen-bond donors (Lipinski definition) is 1. The second-order valence-corrected chi connectivity index (χ2v) is 4.44. The molecule has 1 N–H and O–H groups in total. The number of aromatic nitrogens is 2. The van der Waals surface area contributed by atoms with Gasteiger partial charge in [0.05, 0.1) is 7.11 Å². The Morgan fingerprint density at radius 3 is 2.86 bits per heavy atom. The van der Waals surface area contributed by atoms with E-state index < -0.39 is 0 Å². The number of methoxy groups -OCH3 is 1. The Morgan fingerprint density at radius 2 is 2.10 bits per heavy atom. The molecule has 3 rings (SSSR count). The summed E-state index contributed by atoms with van der Waals surface area (Å²) in [4.78, 5) is 19.8. The Kier molecular flexibility index (Phi) is 3.13. The molecule has 0 amide bonds. The Hall–Kier alpha value is -3.13. The lowest BCUT2D eigenvalue weighted by Gasteiger charge is -2.06. The van der Waals surface area contributed by atoms with E-state index in [2.05, 4.69) is 9.97 Å². The van der Waals surface area contributed by atoms with Crippen molar-refractivity contribution >= 4 is 16.7 Å². The summed E-state index contributed by atoms with van der Waals surface area (Å²) in [6.07, 6.45) is 1.65. The second kappa shape index (κ2) is 5.10. The van der Waals surface area contributed by atoms with Crippen LogP contribution in [0.5, 0.6) is 5.75 Å². The molecule has 0 radical (unpaired) electrons. The minimum absolute atomic E-state index is 0.140. The highest BCUT2D eigenvalue weighted by molar-refractivity contribution is 6.16. The molecule has 0 aliphatic heterocycles. The maximum atomic E-state index is 12.7. The van der Waals surface area contributed by atoms with Crippen molar-refractivity contribution in [3.8, 4) is 11.8 Å². The number of benzene rings is 1. The van der Waals surface area contributed by atoms with Crippen LogP contribution >= 0.6 is 0 Å². The lowest BCUT2D eigenvalue weighted by Crippen LogP contribution is -2.07. The molecule has 5 heteroatoms. The van der Waals surface area contributed by atoms with Crippen molar-refractivity contribution in [2.24, 2.45) is 0 Å². The van der Waals surface area contributed by atoms with E-state index in [1.165, 1.54) is 13.2 Å². The van der Waals surface area contributed by atoms with Gasteiger partial charge < -0.3 is 9.72 Å². The van der Waals surface area contributed by atoms with E-state index in [1.807, 2.05) is 30.3 Å². The van der Waals surface area contributed by atoms with Crippen molar-refractivity contribution in [2.75, 3.05) is 7.11 Å². The normalized spacial score (nSPS) is 10.3. The zero-order valence-corrected chi connectivity index (χ0v) is 11.3. The van der Waals surface area contributed by atoms with Crippen LogP contribution in [-0.2, 0) is 0 Å². The number of H-pyrrole nitrogens is 1. The Labute approximate surface area is 120 Å². The number of ether oxygens (including phenoxy) is 1. The molecule has 5 nitrogen and oxygen atoms in total. The van der Waals surface area contributed by atoms with Gasteiger partial charge in [0.25, 0.3) is 0 Å². The molecule has 0 bridgehead atoms. The molecular formula is C16H11N3O2. The predicted molar refractivity (Wildman–Crippen MR) is 77.2 cm³/mol. The van der Waals surface area contributed by atoms with Gasteiger partial charge in [-0.25, -0.2) is 4.98 Å². The second-order valence-electron chi connectivity index (χ2n) is 4.44. The SMILES string of the molecule is COc1ccc(C#N)nc1C(=O)c1c[nH]c2ccccc12. The quantitative estimate of drug-likeness (QED) is 0.746. The number of carbonyl (C=O) groups excluding carboxylic acids is 1. The molecule has 2 heterocycles. The number of para-hydroxylation sites is 1. The molecule has 102 valence electrons. The molecule has 0 saturated heterocycles. The zero-order valence-electron chi connectivity index (χ0n) is 11.3. The predicted octanol–water partition coefficient (Wildman–Crippen LogP) is 2.67. The van der Waals surface area contributed by atoms with Gasteiger partial charge in [0.15, 0.2) is 5.69 Å². The number of nitrogens with zero attached hydrogens (tertiary/aromatic N) is 2.